The largest absolute Gasteiger partial charge is 0.381 e. The molecule has 1 aliphatic heterocycles. The lowest BCUT2D eigenvalue weighted by atomic mass is 10.0. The van der Waals surface area contributed by atoms with E-state index >= 15 is 0 Å². The second-order valence-corrected chi connectivity index (χ2v) is 5.31. The molecule has 1 amide bonds. The zero-order chi connectivity index (χ0) is 14.5. The Morgan fingerprint density at radius 2 is 1.90 bits per heavy atom. The Morgan fingerprint density at radius 1 is 1.30 bits per heavy atom. The summed E-state index contributed by atoms with van der Waals surface area (Å²) < 4.78 is 18.3. The Morgan fingerprint density at radius 3 is 2.45 bits per heavy atom. The van der Waals surface area contributed by atoms with Gasteiger partial charge >= 0.3 is 0 Å². The molecule has 5 heteroatoms. The third-order valence-electron chi connectivity index (χ3n) is 3.52. The molecule has 0 saturated carbocycles. The average molecular weight is 280 g/mol. The number of benzene rings is 1. The van der Waals surface area contributed by atoms with Crippen molar-refractivity contribution in [1.29, 1.82) is 0 Å². The SMILES string of the molecule is CN(C)C(C(=O)NC1CCOCC1)c1ccc(F)cc1. The minimum atomic E-state index is -0.404. The Labute approximate surface area is 118 Å². The van der Waals surface area contributed by atoms with Crippen molar-refractivity contribution in [2.75, 3.05) is 27.3 Å². The van der Waals surface area contributed by atoms with Crippen LogP contribution in [0.25, 0.3) is 0 Å². The fraction of sp³-hybridized carbons (Fsp3) is 0.533. The summed E-state index contributed by atoms with van der Waals surface area (Å²) in [7, 11) is 3.69. The number of amides is 1. The third-order valence-corrected chi connectivity index (χ3v) is 3.52. The van der Waals surface area contributed by atoms with Crippen LogP contribution in [0.5, 0.6) is 0 Å². The molecule has 0 spiro atoms. The smallest absolute Gasteiger partial charge is 0.242 e. The molecule has 0 bridgehead atoms. The molecule has 0 aliphatic carbocycles. The van der Waals surface area contributed by atoms with E-state index < -0.39 is 6.04 Å². The van der Waals surface area contributed by atoms with Crippen LogP contribution in [0.4, 0.5) is 4.39 Å². The highest BCUT2D eigenvalue weighted by molar-refractivity contribution is 5.83. The van der Waals surface area contributed by atoms with Gasteiger partial charge in [-0.05, 0) is 44.6 Å². The predicted molar refractivity (Wildman–Crippen MR) is 74.8 cm³/mol. The van der Waals surface area contributed by atoms with Gasteiger partial charge in [0.25, 0.3) is 0 Å². The molecule has 1 unspecified atom stereocenters. The maximum Gasteiger partial charge on any atom is 0.242 e. The molecule has 4 nitrogen and oxygen atoms in total. The van der Waals surface area contributed by atoms with Gasteiger partial charge in [0.05, 0.1) is 0 Å². The Kier molecular flexibility index (Phi) is 5.09. The molecule has 110 valence electrons. The summed E-state index contributed by atoms with van der Waals surface area (Å²) in [6, 6.07) is 5.84. The average Bonchev–Trinajstić information content (AvgIpc) is 2.42. The highest BCUT2D eigenvalue weighted by atomic mass is 19.1. The first-order valence-electron chi connectivity index (χ1n) is 6.88. The third kappa shape index (κ3) is 3.77. The molecule has 20 heavy (non-hydrogen) atoms. The fourth-order valence-electron chi connectivity index (χ4n) is 2.45. The lowest BCUT2D eigenvalue weighted by Crippen LogP contribution is -2.44. The first kappa shape index (κ1) is 14.9. The van der Waals surface area contributed by atoms with Gasteiger partial charge in [-0.2, -0.15) is 0 Å². The van der Waals surface area contributed by atoms with Gasteiger partial charge in [-0.3, -0.25) is 9.69 Å². The van der Waals surface area contributed by atoms with Gasteiger partial charge in [-0.1, -0.05) is 12.1 Å². The molecule has 1 heterocycles. The highest BCUT2D eigenvalue weighted by Crippen LogP contribution is 2.20. The molecule has 1 aromatic rings. The van der Waals surface area contributed by atoms with E-state index in [1.807, 2.05) is 19.0 Å². The lowest BCUT2D eigenvalue weighted by molar-refractivity contribution is -0.127. The molecule has 1 saturated heterocycles. The summed E-state index contributed by atoms with van der Waals surface area (Å²) in [5.74, 6) is -0.343. The minimum Gasteiger partial charge on any atom is -0.381 e. The van der Waals surface area contributed by atoms with Gasteiger partial charge in [0.2, 0.25) is 5.91 Å². The van der Waals surface area contributed by atoms with E-state index in [1.165, 1.54) is 12.1 Å². The Balaban J connectivity index is 2.07. The fourth-order valence-corrected chi connectivity index (χ4v) is 2.45. The van der Waals surface area contributed by atoms with Gasteiger partial charge in [0, 0.05) is 19.3 Å². The Hall–Kier alpha value is -1.46. The van der Waals surface area contributed by atoms with Crippen molar-refractivity contribution < 1.29 is 13.9 Å². The van der Waals surface area contributed by atoms with Crippen molar-refractivity contribution in [3.8, 4) is 0 Å². The summed E-state index contributed by atoms with van der Waals surface area (Å²) in [5.41, 5.74) is 0.793. The van der Waals surface area contributed by atoms with E-state index in [0.717, 1.165) is 18.4 Å². The molecule has 1 atom stereocenters. The molecular weight excluding hydrogens is 259 g/mol. The first-order valence-corrected chi connectivity index (χ1v) is 6.88. The number of likely N-dealkylation sites (N-methyl/N-ethyl adjacent to an activating group) is 1. The van der Waals surface area contributed by atoms with Crippen LogP contribution in [0.1, 0.15) is 24.4 Å². The zero-order valence-electron chi connectivity index (χ0n) is 11.9. The van der Waals surface area contributed by atoms with Crippen molar-refractivity contribution in [1.82, 2.24) is 10.2 Å². The van der Waals surface area contributed by atoms with Crippen LogP contribution in [0, 0.1) is 5.82 Å². The predicted octanol–water partition coefficient (Wildman–Crippen LogP) is 1.72. The first-order chi connectivity index (χ1) is 9.58. The van der Waals surface area contributed by atoms with E-state index in [2.05, 4.69) is 5.32 Å². The van der Waals surface area contributed by atoms with E-state index in [4.69, 9.17) is 4.74 Å². The number of hydrogen-bond donors (Lipinski definition) is 1. The summed E-state index contributed by atoms with van der Waals surface area (Å²) in [4.78, 5) is 14.3. The highest BCUT2D eigenvalue weighted by Gasteiger charge is 2.25. The van der Waals surface area contributed by atoms with Gasteiger partial charge in [0.1, 0.15) is 11.9 Å². The van der Waals surface area contributed by atoms with Crippen LogP contribution in [-0.4, -0.2) is 44.2 Å². The van der Waals surface area contributed by atoms with E-state index in [0.29, 0.717) is 13.2 Å². The summed E-state index contributed by atoms with van der Waals surface area (Å²) in [6.45, 7) is 1.38. The standard InChI is InChI=1S/C15H21FN2O2/c1-18(2)14(11-3-5-12(16)6-4-11)15(19)17-13-7-9-20-10-8-13/h3-6,13-14H,7-10H2,1-2H3,(H,17,19). The number of hydrogen-bond acceptors (Lipinski definition) is 3. The number of ether oxygens (including phenoxy) is 1. The second kappa shape index (κ2) is 6.81. The van der Waals surface area contributed by atoms with Crippen molar-refractivity contribution in [3.05, 3.63) is 35.6 Å². The quantitative estimate of drug-likeness (QED) is 0.913. The van der Waals surface area contributed by atoms with E-state index in [9.17, 15) is 9.18 Å². The molecular formula is C15H21FN2O2. The number of nitrogens with one attached hydrogen (secondary N) is 1. The molecule has 2 rings (SSSR count). The van der Waals surface area contributed by atoms with Crippen LogP contribution in [0.15, 0.2) is 24.3 Å². The number of halogens is 1. The number of carbonyl (C=O) groups is 1. The van der Waals surface area contributed by atoms with Crippen molar-refractivity contribution in [2.24, 2.45) is 0 Å². The molecule has 0 radical (unpaired) electrons. The molecule has 1 aromatic carbocycles. The van der Waals surface area contributed by atoms with Crippen molar-refractivity contribution >= 4 is 5.91 Å². The number of carbonyl (C=O) groups excluding carboxylic acids is 1. The topological polar surface area (TPSA) is 41.6 Å². The monoisotopic (exact) mass is 280 g/mol. The van der Waals surface area contributed by atoms with Crippen LogP contribution < -0.4 is 5.32 Å². The van der Waals surface area contributed by atoms with E-state index in [-0.39, 0.29) is 17.8 Å². The van der Waals surface area contributed by atoms with Gasteiger partial charge < -0.3 is 10.1 Å². The molecule has 1 aliphatic rings. The maximum absolute atomic E-state index is 13.0. The Bertz CT molecular complexity index is 442. The van der Waals surface area contributed by atoms with Gasteiger partial charge in [0.15, 0.2) is 0 Å². The molecule has 0 aromatic heterocycles. The van der Waals surface area contributed by atoms with Crippen molar-refractivity contribution in [2.45, 2.75) is 24.9 Å². The summed E-state index contributed by atoms with van der Waals surface area (Å²) in [6.07, 6.45) is 1.69. The van der Waals surface area contributed by atoms with Crippen LogP contribution >= 0.6 is 0 Å². The van der Waals surface area contributed by atoms with Crippen molar-refractivity contribution in [3.63, 3.8) is 0 Å². The summed E-state index contributed by atoms with van der Waals surface area (Å²) in [5, 5.41) is 3.06. The normalized spacial score (nSPS) is 18.0. The van der Waals surface area contributed by atoms with Crippen LogP contribution in [-0.2, 0) is 9.53 Å². The maximum atomic E-state index is 13.0. The summed E-state index contributed by atoms with van der Waals surface area (Å²) >= 11 is 0. The number of nitrogens with zero attached hydrogens (tertiary/aromatic N) is 1. The van der Waals surface area contributed by atoms with Gasteiger partial charge in [-0.15, -0.1) is 0 Å². The second-order valence-electron chi connectivity index (χ2n) is 5.31. The lowest BCUT2D eigenvalue weighted by Gasteiger charge is -2.28. The van der Waals surface area contributed by atoms with Crippen LogP contribution in [0.2, 0.25) is 0 Å². The minimum absolute atomic E-state index is 0.0477. The van der Waals surface area contributed by atoms with Crippen LogP contribution in [0.3, 0.4) is 0 Å². The molecule has 1 fully saturated rings. The zero-order valence-corrected chi connectivity index (χ0v) is 11.9. The van der Waals surface area contributed by atoms with Gasteiger partial charge in [-0.25, -0.2) is 4.39 Å². The molecule has 1 N–H and O–H groups in total. The number of rotatable bonds is 4. The van der Waals surface area contributed by atoms with E-state index in [1.54, 1.807) is 12.1 Å².